The van der Waals surface area contributed by atoms with Gasteiger partial charge in [0.05, 0.1) is 6.61 Å². The van der Waals surface area contributed by atoms with E-state index in [4.69, 9.17) is 4.74 Å². The number of carbonyl (C=O) groups is 1. The van der Waals surface area contributed by atoms with Crippen molar-refractivity contribution in [2.45, 2.75) is 154 Å². The fourth-order valence-electron chi connectivity index (χ4n) is 3.97. The minimum atomic E-state index is -0.116. The second-order valence-electron chi connectivity index (χ2n) is 9.34. The fourth-order valence-corrected chi connectivity index (χ4v) is 4.30. The van der Waals surface area contributed by atoms with Gasteiger partial charge in [0.25, 0.3) is 0 Å². The Morgan fingerprint density at radius 1 is 0.710 bits per heavy atom. The molecule has 0 N–H and O–H groups in total. The molecular formula is C28H53BrO2. The van der Waals surface area contributed by atoms with Gasteiger partial charge in [-0.15, -0.1) is 0 Å². The zero-order valence-corrected chi connectivity index (χ0v) is 22.8. The number of hydrogen-bond donors (Lipinski definition) is 0. The normalized spacial score (nSPS) is 12.8. The maximum absolute atomic E-state index is 12.3. The van der Waals surface area contributed by atoms with Crippen molar-refractivity contribution in [1.29, 1.82) is 0 Å². The Bertz CT molecular complexity index is 417. The van der Waals surface area contributed by atoms with Crippen molar-refractivity contribution in [3.63, 3.8) is 0 Å². The van der Waals surface area contributed by atoms with Crippen molar-refractivity contribution >= 4 is 21.9 Å². The van der Waals surface area contributed by atoms with Gasteiger partial charge in [-0.25, -0.2) is 4.79 Å². The summed E-state index contributed by atoms with van der Waals surface area (Å²) in [6.07, 6.45) is 27.0. The van der Waals surface area contributed by atoms with Gasteiger partial charge < -0.3 is 4.74 Å². The van der Waals surface area contributed by atoms with E-state index in [-0.39, 0.29) is 5.97 Å². The van der Waals surface area contributed by atoms with E-state index >= 15 is 0 Å². The molecular weight excluding hydrogens is 448 g/mol. The van der Waals surface area contributed by atoms with Gasteiger partial charge in [0.15, 0.2) is 0 Å². The lowest BCUT2D eigenvalue weighted by atomic mass is 9.99. The first-order valence-corrected chi connectivity index (χ1v) is 14.5. The van der Waals surface area contributed by atoms with E-state index in [1.165, 1.54) is 108 Å². The number of alkyl halides is 1. The molecule has 0 spiro atoms. The highest BCUT2D eigenvalue weighted by Crippen LogP contribution is 2.19. The molecule has 0 aliphatic rings. The van der Waals surface area contributed by atoms with Crippen LogP contribution in [0.25, 0.3) is 0 Å². The van der Waals surface area contributed by atoms with Crippen molar-refractivity contribution in [3.05, 3.63) is 11.6 Å². The number of rotatable bonds is 23. The standard InChI is InChI=1S/C28H53BrO2/c1-4-6-8-10-12-13-15-19-23-27(22-18-14-11-9-7-5-2)25-28(30)31-24-20-16-17-21-26(3)29/h25-26H,4-24H2,1-3H3/b27-25-. The lowest BCUT2D eigenvalue weighted by Gasteiger charge is -2.09. The molecule has 0 amide bonds. The van der Waals surface area contributed by atoms with E-state index in [1.807, 2.05) is 6.08 Å². The molecule has 0 aromatic rings. The zero-order valence-electron chi connectivity index (χ0n) is 21.2. The van der Waals surface area contributed by atoms with Crippen LogP contribution in [0.15, 0.2) is 11.6 Å². The summed E-state index contributed by atoms with van der Waals surface area (Å²) in [7, 11) is 0. The predicted octanol–water partition coefficient (Wildman–Crippen LogP) is 10.1. The Hall–Kier alpha value is -0.310. The fraction of sp³-hybridized carbons (Fsp3) is 0.893. The van der Waals surface area contributed by atoms with Crippen molar-refractivity contribution in [2.24, 2.45) is 0 Å². The van der Waals surface area contributed by atoms with Crippen LogP contribution in [0.3, 0.4) is 0 Å². The number of unbranched alkanes of at least 4 members (excludes halogenated alkanes) is 14. The lowest BCUT2D eigenvalue weighted by Crippen LogP contribution is -2.04. The second-order valence-corrected chi connectivity index (χ2v) is 10.9. The van der Waals surface area contributed by atoms with Crippen LogP contribution in [0.2, 0.25) is 0 Å². The summed E-state index contributed by atoms with van der Waals surface area (Å²) in [4.78, 5) is 12.9. The number of carbonyl (C=O) groups excluding carboxylic acids is 1. The van der Waals surface area contributed by atoms with Gasteiger partial charge in [0.1, 0.15) is 0 Å². The molecule has 0 saturated heterocycles. The summed E-state index contributed by atoms with van der Waals surface area (Å²) >= 11 is 3.58. The highest BCUT2D eigenvalue weighted by molar-refractivity contribution is 9.09. The molecule has 0 fully saturated rings. The van der Waals surface area contributed by atoms with Gasteiger partial charge in [-0.2, -0.15) is 0 Å². The average Bonchev–Trinajstić information content (AvgIpc) is 2.74. The summed E-state index contributed by atoms with van der Waals surface area (Å²) < 4.78 is 5.49. The molecule has 0 radical (unpaired) electrons. The number of halogens is 1. The summed E-state index contributed by atoms with van der Waals surface area (Å²) in [6.45, 7) is 7.28. The van der Waals surface area contributed by atoms with Crippen molar-refractivity contribution < 1.29 is 9.53 Å². The third-order valence-corrected chi connectivity index (χ3v) is 6.47. The Morgan fingerprint density at radius 3 is 1.65 bits per heavy atom. The molecule has 1 unspecified atom stereocenters. The lowest BCUT2D eigenvalue weighted by molar-refractivity contribution is -0.137. The predicted molar refractivity (Wildman–Crippen MR) is 141 cm³/mol. The Morgan fingerprint density at radius 2 is 1.16 bits per heavy atom. The van der Waals surface area contributed by atoms with E-state index in [1.54, 1.807) is 0 Å². The second kappa shape index (κ2) is 24.3. The monoisotopic (exact) mass is 500 g/mol. The highest BCUT2D eigenvalue weighted by Gasteiger charge is 2.05. The van der Waals surface area contributed by atoms with Gasteiger partial charge in [-0.05, 0) is 38.5 Å². The minimum absolute atomic E-state index is 0.116. The molecule has 0 bridgehead atoms. The van der Waals surface area contributed by atoms with Crippen LogP contribution >= 0.6 is 15.9 Å². The number of hydrogen-bond acceptors (Lipinski definition) is 2. The SMILES string of the molecule is CCCCCCCCCC/C(=C\C(=O)OCCCCCC(C)Br)CCCCCCCC. The third-order valence-electron chi connectivity index (χ3n) is 6.02. The zero-order chi connectivity index (χ0) is 23.0. The van der Waals surface area contributed by atoms with Crippen LogP contribution in [-0.4, -0.2) is 17.4 Å². The first kappa shape index (κ1) is 30.7. The molecule has 0 aromatic heterocycles. The van der Waals surface area contributed by atoms with E-state index in [0.717, 1.165) is 25.7 Å². The van der Waals surface area contributed by atoms with Crippen molar-refractivity contribution in [2.75, 3.05) is 6.61 Å². The van der Waals surface area contributed by atoms with E-state index in [9.17, 15) is 4.79 Å². The van der Waals surface area contributed by atoms with Crippen molar-refractivity contribution in [1.82, 2.24) is 0 Å². The van der Waals surface area contributed by atoms with E-state index in [2.05, 4.69) is 36.7 Å². The van der Waals surface area contributed by atoms with Crippen LogP contribution in [0.4, 0.5) is 0 Å². The van der Waals surface area contributed by atoms with Crippen LogP contribution in [0.5, 0.6) is 0 Å². The topological polar surface area (TPSA) is 26.3 Å². The Labute approximate surface area is 203 Å². The summed E-state index contributed by atoms with van der Waals surface area (Å²) in [5, 5.41) is 0. The summed E-state index contributed by atoms with van der Waals surface area (Å²) in [5.74, 6) is -0.116. The first-order valence-electron chi connectivity index (χ1n) is 13.6. The van der Waals surface area contributed by atoms with Gasteiger partial charge in [-0.3, -0.25) is 0 Å². The molecule has 31 heavy (non-hydrogen) atoms. The number of allylic oxidation sites excluding steroid dienone is 1. The molecule has 3 heteroatoms. The quantitative estimate of drug-likeness (QED) is 0.0602. The highest BCUT2D eigenvalue weighted by atomic mass is 79.9. The van der Waals surface area contributed by atoms with Gasteiger partial charge in [0, 0.05) is 10.9 Å². The molecule has 2 nitrogen and oxygen atoms in total. The van der Waals surface area contributed by atoms with Crippen LogP contribution in [-0.2, 0) is 9.53 Å². The summed E-state index contributed by atoms with van der Waals surface area (Å²) in [5.41, 5.74) is 1.32. The van der Waals surface area contributed by atoms with E-state index < -0.39 is 0 Å². The summed E-state index contributed by atoms with van der Waals surface area (Å²) in [6, 6.07) is 0. The largest absolute Gasteiger partial charge is 0.463 e. The maximum atomic E-state index is 12.3. The van der Waals surface area contributed by atoms with E-state index in [0.29, 0.717) is 11.4 Å². The third kappa shape index (κ3) is 24.2. The average molecular weight is 502 g/mol. The molecule has 1 atom stereocenters. The molecule has 0 aliphatic carbocycles. The molecule has 184 valence electrons. The number of esters is 1. The van der Waals surface area contributed by atoms with Crippen LogP contribution in [0.1, 0.15) is 149 Å². The van der Waals surface area contributed by atoms with Crippen molar-refractivity contribution in [3.8, 4) is 0 Å². The maximum Gasteiger partial charge on any atom is 0.330 e. The minimum Gasteiger partial charge on any atom is -0.463 e. The Balaban J connectivity index is 4.16. The molecule has 0 aromatic carbocycles. The number of ether oxygens (including phenoxy) is 1. The van der Waals surface area contributed by atoms with Crippen LogP contribution < -0.4 is 0 Å². The smallest absolute Gasteiger partial charge is 0.330 e. The molecule has 0 saturated carbocycles. The first-order chi connectivity index (χ1) is 15.1. The van der Waals surface area contributed by atoms with Crippen LogP contribution in [0, 0.1) is 0 Å². The van der Waals surface area contributed by atoms with Gasteiger partial charge >= 0.3 is 5.97 Å². The van der Waals surface area contributed by atoms with Gasteiger partial charge in [0.2, 0.25) is 0 Å². The van der Waals surface area contributed by atoms with Gasteiger partial charge in [-0.1, -0.05) is 132 Å². The molecule has 0 rings (SSSR count). The molecule has 0 heterocycles. The molecule has 0 aliphatic heterocycles. The Kier molecular flexibility index (Phi) is 24.1.